The average molecular weight is 2150 g/mol. The van der Waals surface area contributed by atoms with Crippen LogP contribution in [0.15, 0.2) is 288 Å². The number of fused-ring (bicyclic) bond motifs is 12. The molecule has 0 bridgehead atoms. The molecule has 0 saturated carbocycles. The Bertz CT molecular complexity index is 6120. The third-order valence-corrected chi connectivity index (χ3v) is 30.0. The number of halogens is 6. The second kappa shape index (κ2) is 46.8. The summed E-state index contributed by atoms with van der Waals surface area (Å²) in [6, 6.07) is 96.6. The zero-order valence-corrected chi connectivity index (χ0v) is 93.3. The van der Waals surface area contributed by atoms with Crippen LogP contribution in [0.5, 0.6) is 0 Å². The molecule has 24 rings (SSSR count). The van der Waals surface area contributed by atoms with Gasteiger partial charge in [-0.3, -0.25) is 0 Å². The first-order valence-electron chi connectivity index (χ1n) is 46.5. The summed E-state index contributed by atoms with van der Waals surface area (Å²) in [5, 5.41) is 0. The monoisotopic (exact) mass is 2140 g/mol. The molecule has 12 aliphatic rings. The van der Waals surface area contributed by atoms with E-state index in [0.29, 0.717) is 47.6 Å². The van der Waals surface area contributed by atoms with Gasteiger partial charge in [0.05, 0.1) is 0 Å². The van der Waals surface area contributed by atoms with Crippen LogP contribution < -0.4 is 29.4 Å². The van der Waals surface area contributed by atoms with Crippen molar-refractivity contribution in [3.63, 3.8) is 0 Å². The van der Waals surface area contributed by atoms with Gasteiger partial charge < -0.3 is 74.0 Å². The average Bonchev–Trinajstić information content (AvgIpc) is 1.57. The Morgan fingerprint density at radius 3 is 0.669 bits per heavy atom. The quantitative estimate of drug-likeness (QED) is 0.113. The van der Waals surface area contributed by atoms with Gasteiger partial charge in [-0.05, 0) is 266 Å². The molecule has 0 N–H and O–H groups in total. The number of anilines is 12. The molecule has 0 saturated heterocycles. The molecule has 15 heteroatoms. The zero-order valence-electron chi connectivity index (χ0n) is 81.4. The Balaban J connectivity index is 0.000000162. The third-order valence-electron chi connectivity index (χ3n) is 30.0. The normalized spacial score (nSPS) is 19.5. The SMILES string of the molecule is CC1=Cc2c(cccc2N2CCCc3ccccc32)C1CC1C(C)=Cc2c1cccc2N1CCCc2ccccc21.CC1=Cc2c(cccc2N2CCc3ccccc32)C1CC1C(C)=Cc2c1cccc2N1CCc2ccccc21.CC1=Cc2c(cccc2N2c3ccccc3CC2C)C1CC1C(C)=Cc2c1cccc2N1c2ccccc2CC1C.[CH3-].[CH3-].[CH3-].[CH3-].[CH3-].[CH3-].[Cl][Zr+2][Cl].[Cl][Zr+2][Cl].[Cl][Zr+2][Cl]. The van der Waals surface area contributed by atoms with Gasteiger partial charge >= 0.3 is 114 Å². The zero-order chi connectivity index (χ0) is 89.5. The molecule has 696 valence electrons. The van der Waals surface area contributed by atoms with Gasteiger partial charge in [-0.15, -0.1) is 0 Å². The van der Waals surface area contributed by atoms with Crippen LogP contribution >= 0.6 is 51.1 Å². The topological polar surface area (TPSA) is 19.4 Å². The Hall–Kier alpha value is -7.73. The Morgan fingerprint density at radius 1 is 0.228 bits per heavy atom. The fourth-order valence-electron chi connectivity index (χ4n) is 24.2. The maximum atomic E-state index is 4.93. The van der Waals surface area contributed by atoms with E-state index in [-0.39, 0.29) is 44.6 Å². The first-order chi connectivity index (χ1) is 63.6. The van der Waals surface area contributed by atoms with Crippen LogP contribution in [0.4, 0.5) is 68.2 Å². The van der Waals surface area contributed by atoms with Gasteiger partial charge in [-0.25, -0.2) is 0 Å². The van der Waals surface area contributed by atoms with E-state index in [4.69, 9.17) is 51.1 Å². The second-order valence-electron chi connectivity index (χ2n) is 37.2. The van der Waals surface area contributed by atoms with Crippen molar-refractivity contribution in [3.8, 4) is 0 Å². The van der Waals surface area contributed by atoms with E-state index in [0.717, 1.165) is 71.1 Å². The van der Waals surface area contributed by atoms with Crippen LogP contribution in [0, 0.1) is 44.6 Å². The molecular formula is C121H128Cl6N6Zr3. The molecule has 12 aromatic rings. The van der Waals surface area contributed by atoms with Crippen LogP contribution in [0.1, 0.15) is 223 Å². The first-order valence-corrected chi connectivity index (χ1v) is 65.5. The van der Waals surface area contributed by atoms with E-state index in [9.17, 15) is 0 Å². The van der Waals surface area contributed by atoms with Crippen LogP contribution in [0.2, 0.25) is 0 Å². The number of hydrogen-bond acceptors (Lipinski definition) is 6. The molecule has 8 atom stereocenters. The molecule has 136 heavy (non-hydrogen) atoms. The van der Waals surface area contributed by atoms with Crippen molar-refractivity contribution in [1.29, 1.82) is 0 Å². The molecule has 0 aromatic heterocycles. The van der Waals surface area contributed by atoms with Gasteiger partial charge in [-0.2, -0.15) is 0 Å². The predicted octanol–water partition coefficient (Wildman–Crippen LogP) is 35.9. The molecular weight excluding hydrogens is 2020 g/mol. The van der Waals surface area contributed by atoms with E-state index in [1.807, 2.05) is 0 Å². The Morgan fingerprint density at radius 2 is 0.419 bits per heavy atom. The van der Waals surface area contributed by atoms with Gasteiger partial charge in [0.25, 0.3) is 0 Å². The molecule has 0 radical (unpaired) electrons. The summed E-state index contributed by atoms with van der Waals surface area (Å²) in [4.78, 5) is 15.4. The van der Waals surface area contributed by atoms with Gasteiger partial charge in [0, 0.05) is 175 Å². The van der Waals surface area contributed by atoms with Crippen molar-refractivity contribution in [2.45, 2.75) is 174 Å². The van der Waals surface area contributed by atoms with Crippen LogP contribution in [0.25, 0.3) is 36.5 Å². The minimum absolute atomic E-state index is 0. The van der Waals surface area contributed by atoms with E-state index in [1.165, 1.54) is 228 Å². The van der Waals surface area contributed by atoms with E-state index in [2.05, 4.69) is 376 Å². The predicted molar refractivity (Wildman–Crippen MR) is 586 cm³/mol. The van der Waals surface area contributed by atoms with Crippen molar-refractivity contribution in [3.05, 3.63) is 433 Å². The maximum absolute atomic E-state index is 4.93. The van der Waals surface area contributed by atoms with Crippen molar-refractivity contribution in [2.75, 3.05) is 55.6 Å². The van der Waals surface area contributed by atoms with Gasteiger partial charge in [0.2, 0.25) is 0 Å². The van der Waals surface area contributed by atoms with Gasteiger partial charge in [0.15, 0.2) is 0 Å². The number of rotatable bonds is 12. The fraction of sp³-hybridized carbons (Fsp3) is 0.256. The number of nitrogens with zero attached hydrogens (tertiary/aromatic N) is 6. The number of aryl methyl sites for hydroxylation is 2. The van der Waals surface area contributed by atoms with E-state index >= 15 is 0 Å². The summed E-state index contributed by atoms with van der Waals surface area (Å²) in [5.41, 5.74) is 51.8. The van der Waals surface area contributed by atoms with Gasteiger partial charge in [0.1, 0.15) is 0 Å². The molecule has 0 spiro atoms. The third kappa shape index (κ3) is 20.3. The molecule has 6 nitrogen and oxygen atoms in total. The second-order valence-corrected chi connectivity index (χ2v) is 48.4. The molecule has 6 aliphatic heterocycles. The molecule has 12 aromatic carbocycles. The first kappa shape index (κ1) is 106. The fourth-order valence-corrected chi connectivity index (χ4v) is 24.2. The molecule has 8 unspecified atom stereocenters. The van der Waals surface area contributed by atoms with Crippen LogP contribution in [0.3, 0.4) is 0 Å². The number of benzene rings is 12. The summed E-state index contributed by atoms with van der Waals surface area (Å²) in [5.74, 6) is 2.67. The summed E-state index contributed by atoms with van der Waals surface area (Å²) < 4.78 is 0. The molecule has 6 heterocycles. The van der Waals surface area contributed by atoms with Crippen molar-refractivity contribution < 1.29 is 62.5 Å². The summed E-state index contributed by atoms with van der Waals surface area (Å²) >= 11 is -2.48. The van der Waals surface area contributed by atoms with E-state index < -0.39 is 62.5 Å². The minimum atomic E-state index is -0.826. The van der Waals surface area contributed by atoms with Crippen LogP contribution in [-0.4, -0.2) is 38.3 Å². The Labute approximate surface area is 871 Å². The van der Waals surface area contributed by atoms with Crippen LogP contribution in [-0.2, 0) is 101 Å². The number of allylic oxidation sites excluding steroid dienone is 6. The van der Waals surface area contributed by atoms with Crippen molar-refractivity contribution >= 4 is 156 Å². The van der Waals surface area contributed by atoms with E-state index in [1.54, 1.807) is 0 Å². The number of para-hydroxylation sites is 6. The summed E-state index contributed by atoms with van der Waals surface area (Å²) in [7, 11) is 29.6. The van der Waals surface area contributed by atoms with Crippen molar-refractivity contribution in [1.82, 2.24) is 0 Å². The summed E-state index contributed by atoms with van der Waals surface area (Å²) in [6.07, 6.45) is 27.5. The van der Waals surface area contributed by atoms with Crippen molar-refractivity contribution in [2.24, 2.45) is 0 Å². The standard InChI is InChI=1S/2C39H38N2.C37H34N2.6CH3.6ClH.3Zr/c1-24-19-34-30(13-9-17-38(34)40-26(3)21-28-11-5-7-15-36(28)40)32(24)23-33-25(2)20-35-31(33)14-10-18-39(35)41-27(4)22-29-12-6-8-16-37(29)41;1-26-23-34-30(15-7-19-38(34)40-21-9-13-28-11-3-5-17-36(28)40)32(26)25-33-27(2)24-35-31(33)16-8-20-39(35)41-22-10-14-29-12-4-6-18-37(29)41;1-24-21-32-28(11-7-15-36(32)38-19-17-26-9-3-5-13-34(26)38)30(24)23-31-25(2)22-33-29(31)12-8-16-37(33)39-20-18-27-10-4-6-14-35(27)39;;;;;;;;;;;;;;;/h5-20,26-27,32-33H,21-23H2,1-4H3;3-8,11-12,15-20,23-24,32-33H,9-10,13-14,21-22,25H2,1-2H3;3-16,21-22,30-31H,17-20,23H2,1-2H3;6*1H3;6*1H;;;/q;;;6*-1;;;;;;;3*+4/p-6. The molecule has 0 amide bonds. The molecule has 6 aliphatic carbocycles. The Kier molecular flexibility index (Phi) is 36.3. The molecule has 0 fully saturated rings. The summed E-state index contributed by atoms with van der Waals surface area (Å²) in [6.45, 7) is 23.1. The van der Waals surface area contributed by atoms with Gasteiger partial charge in [-0.1, -0.05) is 252 Å². The number of hydrogen-bond donors (Lipinski definition) is 0.